The summed E-state index contributed by atoms with van der Waals surface area (Å²) in [5.41, 5.74) is 2.41. The summed E-state index contributed by atoms with van der Waals surface area (Å²) in [6.07, 6.45) is 0.477. The lowest BCUT2D eigenvalue weighted by Gasteiger charge is -2.21. The molecule has 5 nitrogen and oxygen atoms in total. The van der Waals surface area contributed by atoms with Crippen molar-refractivity contribution in [2.45, 2.75) is 32.9 Å². The first kappa shape index (κ1) is 20.1. The summed E-state index contributed by atoms with van der Waals surface area (Å²) in [6.45, 7) is 4.12. The van der Waals surface area contributed by atoms with Crippen LogP contribution in [0, 0.1) is 0 Å². The molecule has 1 N–H and O–H groups in total. The lowest BCUT2D eigenvalue weighted by molar-refractivity contribution is 0.0755. The van der Waals surface area contributed by atoms with Gasteiger partial charge in [0.15, 0.2) is 0 Å². The molecule has 2 rings (SSSR count). The zero-order valence-corrected chi connectivity index (χ0v) is 16.3. The predicted molar refractivity (Wildman–Crippen MR) is 104 cm³/mol. The van der Waals surface area contributed by atoms with Crippen LogP contribution < -0.4 is 4.72 Å². The fourth-order valence-electron chi connectivity index (χ4n) is 2.37. The van der Waals surface area contributed by atoms with Crippen LogP contribution in [0.4, 0.5) is 0 Å². The maximum absolute atomic E-state index is 12.2. The largest absolute Gasteiger partial charge is 0.339 e. The molecular formula is C20H26N2O3S. The number of benzene rings is 2. The highest BCUT2D eigenvalue weighted by Gasteiger charge is 2.14. The van der Waals surface area contributed by atoms with Crippen molar-refractivity contribution in [2.75, 3.05) is 12.8 Å². The molecule has 0 aromatic heterocycles. The van der Waals surface area contributed by atoms with E-state index in [-0.39, 0.29) is 24.2 Å². The highest BCUT2D eigenvalue weighted by molar-refractivity contribution is 7.89. The molecule has 0 spiro atoms. The van der Waals surface area contributed by atoms with Crippen molar-refractivity contribution in [3.05, 3.63) is 71.3 Å². The van der Waals surface area contributed by atoms with Crippen molar-refractivity contribution in [1.29, 1.82) is 0 Å². The van der Waals surface area contributed by atoms with Crippen molar-refractivity contribution >= 4 is 15.9 Å². The van der Waals surface area contributed by atoms with Crippen LogP contribution in [0.3, 0.4) is 0 Å². The van der Waals surface area contributed by atoms with Gasteiger partial charge in [0.1, 0.15) is 0 Å². The van der Waals surface area contributed by atoms with Gasteiger partial charge >= 0.3 is 0 Å². The van der Waals surface area contributed by atoms with Crippen LogP contribution in [-0.4, -0.2) is 38.1 Å². The van der Waals surface area contributed by atoms with Crippen molar-refractivity contribution in [3.8, 4) is 0 Å². The quantitative estimate of drug-likeness (QED) is 0.773. The number of aryl methyl sites for hydroxylation is 1. The van der Waals surface area contributed by atoms with Crippen molar-refractivity contribution in [1.82, 2.24) is 9.62 Å². The third-order valence-electron chi connectivity index (χ3n) is 4.29. The van der Waals surface area contributed by atoms with Crippen LogP contribution in [-0.2, 0) is 23.0 Å². The molecule has 0 atom stereocenters. The van der Waals surface area contributed by atoms with E-state index >= 15 is 0 Å². The first-order chi connectivity index (χ1) is 12.3. The number of hydrogen-bond donors (Lipinski definition) is 1. The molecule has 0 fully saturated rings. The number of carbonyl (C=O) groups excluding carboxylic acids is 1. The SMILES string of the molecule is CC(C)N(C)C(=O)c1ccc(CNS(=O)(=O)CCc2ccccc2)cc1. The van der Waals surface area contributed by atoms with E-state index < -0.39 is 10.0 Å². The molecule has 0 aliphatic rings. The Labute approximate surface area is 156 Å². The number of hydrogen-bond acceptors (Lipinski definition) is 3. The molecule has 2 aromatic carbocycles. The lowest BCUT2D eigenvalue weighted by Crippen LogP contribution is -2.33. The van der Waals surface area contributed by atoms with Crippen LogP contribution in [0.2, 0.25) is 0 Å². The fourth-order valence-corrected chi connectivity index (χ4v) is 3.40. The van der Waals surface area contributed by atoms with Gasteiger partial charge in [0.25, 0.3) is 5.91 Å². The summed E-state index contributed by atoms with van der Waals surface area (Å²) >= 11 is 0. The Bertz CT molecular complexity index is 816. The lowest BCUT2D eigenvalue weighted by atomic mass is 10.1. The zero-order chi connectivity index (χ0) is 19.2. The highest BCUT2D eigenvalue weighted by Crippen LogP contribution is 2.09. The minimum atomic E-state index is -3.35. The average molecular weight is 375 g/mol. The summed E-state index contributed by atoms with van der Waals surface area (Å²) in [7, 11) is -1.59. The topological polar surface area (TPSA) is 66.5 Å². The van der Waals surface area contributed by atoms with E-state index in [2.05, 4.69) is 4.72 Å². The first-order valence-corrected chi connectivity index (χ1v) is 10.3. The van der Waals surface area contributed by atoms with Gasteiger partial charge in [0.05, 0.1) is 5.75 Å². The third kappa shape index (κ3) is 5.97. The summed E-state index contributed by atoms with van der Waals surface area (Å²) in [5, 5.41) is 0. The summed E-state index contributed by atoms with van der Waals surface area (Å²) < 4.78 is 26.9. The molecule has 0 saturated heterocycles. The molecule has 6 heteroatoms. The van der Waals surface area contributed by atoms with E-state index in [1.54, 1.807) is 36.2 Å². The first-order valence-electron chi connectivity index (χ1n) is 8.66. The number of nitrogens with one attached hydrogen (secondary N) is 1. The highest BCUT2D eigenvalue weighted by atomic mass is 32.2. The van der Waals surface area contributed by atoms with Gasteiger partial charge in [-0.3, -0.25) is 4.79 Å². The van der Waals surface area contributed by atoms with Crippen LogP contribution in [0.25, 0.3) is 0 Å². The Morgan fingerprint density at radius 1 is 1.00 bits per heavy atom. The molecule has 0 bridgehead atoms. The van der Waals surface area contributed by atoms with E-state index in [1.807, 2.05) is 44.2 Å². The number of carbonyl (C=O) groups is 1. The second-order valence-electron chi connectivity index (χ2n) is 6.58. The zero-order valence-electron chi connectivity index (χ0n) is 15.5. The van der Waals surface area contributed by atoms with Crippen LogP contribution in [0.15, 0.2) is 54.6 Å². The fraction of sp³-hybridized carbons (Fsp3) is 0.350. The molecule has 140 valence electrons. The van der Waals surface area contributed by atoms with Gasteiger partial charge in [-0.25, -0.2) is 13.1 Å². The Morgan fingerprint density at radius 3 is 2.19 bits per heavy atom. The van der Waals surface area contributed by atoms with Crippen LogP contribution >= 0.6 is 0 Å². The second kappa shape index (κ2) is 8.96. The number of nitrogens with zero attached hydrogens (tertiary/aromatic N) is 1. The number of rotatable bonds is 8. The molecule has 0 aliphatic carbocycles. The van der Waals surface area contributed by atoms with Crippen molar-refractivity contribution in [2.24, 2.45) is 0 Å². The molecule has 1 amide bonds. The molecule has 26 heavy (non-hydrogen) atoms. The summed E-state index contributed by atoms with van der Waals surface area (Å²) in [5.74, 6) is 0.00208. The molecule has 0 aliphatic heterocycles. The average Bonchev–Trinajstić information content (AvgIpc) is 2.65. The van der Waals surface area contributed by atoms with E-state index in [9.17, 15) is 13.2 Å². The maximum Gasteiger partial charge on any atom is 0.253 e. The third-order valence-corrected chi connectivity index (χ3v) is 5.62. The summed E-state index contributed by atoms with van der Waals surface area (Å²) in [6, 6.07) is 16.7. The number of amides is 1. The van der Waals surface area contributed by atoms with Gasteiger partial charge in [-0.1, -0.05) is 42.5 Å². The summed E-state index contributed by atoms with van der Waals surface area (Å²) in [4.78, 5) is 13.9. The molecule has 0 unspecified atom stereocenters. The van der Waals surface area contributed by atoms with Crippen LogP contribution in [0.5, 0.6) is 0 Å². The Hall–Kier alpha value is -2.18. The minimum Gasteiger partial charge on any atom is -0.339 e. The number of sulfonamides is 1. The van der Waals surface area contributed by atoms with Crippen molar-refractivity contribution < 1.29 is 13.2 Å². The van der Waals surface area contributed by atoms with E-state index in [1.165, 1.54) is 0 Å². The van der Waals surface area contributed by atoms with E-state index in [0.717, 1.165) is 11.1 Å². The Balaban J connectivity index is 1.89. The predicted octanol–water partition coefficient (Wildman–Crippen LogP) is 2.83. The van der Waals surface area contributed by atoms with Gasteiger partial charge in [-0.15, -0.1) is 0 Å². The van der Waals surface area contributed by atoms with Gasteiger partial charge in [-0.2, -0.15) is 0 Å². The van der Waals surface area contributed by atoms with Crippen LogP contribution in [0.1, 0.15) is 35.3 Å². The Kier molecular flexibility index (Phi) is 6.94. The molecule has 2 aromatic rings. The van der Waals surface area contributed by atoms with Gasteiger partial charge in [0, 0.05) is 25.2 Å². The van der Waals surface area contributed by atoms with Gasteiger partial charge < -0.3 is 4.90 Å². The molecule has 0 saturated carbocycles. The second-order valence-corrected chi connectivity index (χ2v) is 8.51. The van der Waals surface area contributed by atoms with Crippen molar-refractivity contribution in [3.63, 3.8) is 0 Å². The monoisotopic (exact) mass is 374 g/mol. The molecule has 0 radical (unpaired) electrons. The standard InChI is InChI=1S/C20H26N2O3S/c1-16(2)22(3)20(23)19-11-9-18(10-12-19)15-21-26(24,25)14-13-17-7-5-4-6-8-17/h4-12,16,21H,13-15H2,1-3H3. The van der Waals surface area contributed by atoms with Gasteiger partial charge in [-0.05, 0) is 43.5 Å². The van der Waals surface area contributed by atoms with E-state index in [4.69, 9.17) is 0 Å². The maximum atomic E-state index is 12.2. The Morgan fingerprint density at radius 2 is 1.62 bits per heavy atom. The smallest absolute Gasteiger partial charge is 0.253 e. The minimum absolute atomic E-state index is 0.0463. The normalized spacial score (nSPS) is 11.5. The molecule has 0 heterocycles. The van der Waals surface area contributed by atoms with Gasteiger partial charge in [0.2, 0.25) is 10.0 Å². The van der Waals surface area contributed by atoms with E-state index in [0.29, 0.717) is 12.0 Å². The molecular weight excluding hydrogens is 348 g/mol.